The molecule has 0 saturated carbocycles. The molecule has 1 aliphatic rings. The van der Waals surface area contributed by atoms with Crippen molar-refractivity contribution < 1.29 is 14.6 Å². The number of H-pyrrole nitrogens is 1. The number of hydrogen-bond donors (Lipinski definition) is 3. The Morgan fingerprint density at radius 1 is 1.11 bits per heavy atom. The highest BCUT2D eigenvalue weighted by atomic mass is 16.6. The molecular formula is C26H31N5O4. The minimum atomic E-state index is -0.778. The van der Waals surface area contributed by atoms with Gasteiger partial charge in [0.1, 0.15) is 0 Å². The van der Waals surface area contributed by atoms with Gasteiger partial charge in [0.15, 0.2) is 0 Å². The van der Waals surface area contributed by atoms with E-state index in [1.165, 1.54) is 6.20 Å². The summed E-state index contributed by atoms with van der Waals surface area (Å²) >= 11 is 0. The summed E-state index contributed by atoms with van der Waals surface area (Å²) in [6, 6.07) is 18.4. The maximum atomic E-state index is 12.7. The number of likely N-dealkylation sites (N-methyl/N-ethyl adjacent to an activating group) is 2. The Balaban J connectivity index is 1.44. The third kappa shape index (κ3) is 6.20. The number of piperazine rings is 1. The molecule has 184 valence electrons. The van der Waals surface area contributed by atoms with Crippen molar-refractivity contribution in [3.8, 4) is 5.75 Å². The summed E-state index contributed by atoms with van der Waals surface area (Å²) in [7, 11) is 3.83. The van der Waals surface area contributed by atoms with Crippen molar-refractivity contribution in [2.24, 2.45) is 0 Å². The average molecular weight is 478 g/mol. The number of aromatic nitrogens is 1. The van der Waals surface area contributed by atoms with E-state index in [4.69, 9.17) is 4.74 Å². The number of hydrogen-bond acceptors (Lipinski definition) is 7. The number of amides is 1. The van der Waals surface area contributed by atoms with Gasteiger partial charge in [0.25, 0.3) is 5.56 Å². The van der Waals surface area contributed by atoms with Crippen LogP contribution in [0.3, 0.4) is 0 Å². The summed E-state index contributed by atoms with van der Waals surface area (Å²) in [5.41, 5.74) is 2.21. The number of aromatic amines is 1. The molecule has 9 nitrogen and oxygen atoms in total. The normalized spacial score (nSPS) is 14.9. The lowest BCUT2D eigenvalue weighted by atomic mass is 10.1. The van der Waals surface area contributed by atoms with E-state index < -0.39 is 17.8 Å². The second-order valence-corrected chi connectivity index (χ2v) is 8.68. The zero-order valence-electron chi connectivity index (χ0n) is 20.0. The predicted octanol–water partition coefficient (Wildman–Crippen LogP) is 2.91. The molecule has 0 radical (unpaired) electrons. The smallest absolute Gasteiger partial charge is 0.402 e. The predicted molar refractivity (Wildman–Crippen MR) is 138 cm³/mol. The highest BCUT2D eigenvalue weighted by molar-refractivity contribution is 5.87. The number of aliphatic hydroxyl groups excluding tert-OH is 1. The first kappa shape index (κ1) is 24.3. The highest BCUT2D eigenvalue weighted by Gasteiger charge is 2.20. The van der Waals surface area contributed by atoms with Crippen LogP contribution in [0.1, 0.15) is 11.7 Å². The largest absolute Gasteiger partial charge is 0.417 e. The number of carbonyl (C=O) groups excluding carboxylic acids is 1. The van der Waals surface area contributed by atoms with Crippen LogP contribution < -0.4 is 25.4 Å². The monoisotopic (exact) mass is 477 g/mol. The van der Waals surface area contributed by atoms with Gasteiger partial charge in [-0.15, -0.1) is 0 Å². The fourth-order valence-corrected chi connectivity index (χ4v) is 4.07. The van der Waals surface area contributed by atoms with Crippen molar-refractivity contribution in [1.29, 1.82) is 0 Å². The first-order chi connectivity index (χ1) is 16.9. The standard InChI is InChI=1S/C26H31N5O4/c1-29-13-15-31(16-14-29)21-10-6-9-20(17-21)28-26(34)35-24-22(11-12-27-25(24)33)30(2)18-23(32)19-7-4-3-5-8-19/h3-12,17,23,32H,13-16,18H2,1-2H3,(H,27,33)(H,28,34). The summed E-state index contributed by atoms with van der Waals surface area (Å²) in [5, 5.41) is 13.3. The molecule has 1 saturated heterocycles. The average Bonchev–Trinajstić information content (AvgIpc) is 2.86. The third-order valence-electron chi connectivity index (χ3n) is 6.09. The molecule has 1 aromatic heterocycles. The number of aliphatic hydroxyl groups is 1. The first-order valence-corrected chi connectivity index (χ1v) is 11.6. The molecule has 0 spiro atoms. The fraction of sp³-hybridized carbons (Fsp3) is 0.308. The van der Waals surface area contributed by atoms with Gasteiger partial charge < -0.3 is 29.5 Å². The molecule has 1 fully saturated rings. The lowest BCUT2D eigenvalue weighted by molar-refractivity contribution is 0.184. The van der Waals surface area contributed by atoms with Crippen molar-refractivity contribution in [1.82, 2.24) is 9.88 Å². The number of nitrogens with one attached hydrogen (secondary N) is 2. The van der Waals surface area contributed by atoms with Gasteiger partial charge >= 0.3 is 6.09 Å². The van der Waals surface area contributed by atoms with E-state index in [1.807, 2.05) is 48.5 Å². The minimum Gasteiger partial charge on any atom is -0.402 e. The Bertz CT molecular complexity index is 1190. The molecule has 2 heterocycles. The van der Waals surface area contributed by atoms with Crippen molar-refractivity contribution in [3.05, 3.63) is 82.8 Å². The molecule has 35 heavy (non-hydrogen) atoms. The molecule has 3 aromatic rings. The van der Waals surface area contributed by atoms with Gasteiger partial charge in [-0.25, -0.2) is 4.79 Å². The molecule has 1 unspecified atom stereocenters. The van der Waals surface area contributed by atoms with Crippen LogP contribution in [0.4, 0.5) is 21.9 Å². The molecule has 0 bridgehead atoms. The number of nitrogens with zero attached hydrogens (tertiary/aromatic N) is 3. The van der Waals surface area contributed by atoms with Crippen LogP contribution in [0.15, 0.2) is 71.7 Å². The van der Waals surface area contributed by atoms with Crippen LogP contribution in [0.5, 0.6) is 5.75 Å². The van der Waals surface area contributed by atoms with Crippen molar-refractivity contribution in [3.63, 3.8) is 0 Å². The summed E-state index contributed by atoms with van der Waals surface area (Å²) in [6.45, 7) is 3.98. The van der Waals surface area contributed by atoms with Crippen LogP contribution in [0.2, 0.25) is 0 Å². The number of benzene rings is 2. The molecule has 2 aromatic carbocycles. The van der Waals surface area contributed by atoms with Crippen LogP contribution in [0.25, 0.3) is 0 Å². The Hall–Kier alpha value is -3.82. The minimum absolute atomic E-state index is 0.136. The van der Waals surface area contributed by atoms with E-state index in [0.29, 0.717) is 11.4 Å². The maximum Gasteiger partial charge on any atom is 0.417 e. The number of anilines is 3. The van der Waals surface area contributed by atoms with Crippen LogP contribution in [-0.2, 0) is 0 Å². The SMILES string of the molecule is CN1CCN(c2cccc(NC(=O)Oc3c(N(C)CC(O)c4ccccc4)cc[nH]c3=O)c2)CC1. The molecule has 3 N–H and O–H groups in total. The Morgan fingerprint density at radius 2 is 1.86 bits per heavy atom. The molecule has 1 amide bonds. The summed E-state index contributed by atoms with van der Waals surface area (Å²) in [6.07, 6.45) is -0.0668. The van der Waals surface area contributed by atoms with Crippen molar-refractivity contribution in [2.45, 2.75) is 6.10 Å². The molecule has 1 aliphatic heterocycles. The van der Waals surface area contributed by atoms with E-state index in [1.54, 1.807) is 24.1 Å². The zero-order valence-corrected chi connectivity index (χ0v) is 20.0. The molecule has 4 rings (SSSR count). The van der Waals surface area contributed by atoms with Gasteiger partial charge in [0.2, 0.25) is 5.75 Å². The number of rotatable bonds is 7. The second kappa shape index (κ2) is 11.1. The Morgan fingerprint density at radius 3 is 2.60 bits per heavy atom. The zero-order chi connectivity index (χ0) is 24.8. The van der Waals surface area contributed by atoms with E-state index in [2.05, 4.69) is 27.1 Å². The number of pyridine rings is 1. The highest BCUT2D eigenvalue weighted by Crippen LogP contribution is 2.26. The number of ether oxygens (including phenoxy) is 1. The molecular weight excluding hydrogens is 446 g/mol. The van der Waals surface area contributed by atoms with Gasteiger partial charge in [-0.3, -0.25) is 10.1 Å². The lowest BCUT2D eigenvalue weighted by Crippen LogP contribution is -2.44. The molecule has 9 heteroatoms. The van der Waals surface area contributed by atoms with E-state index in [-0.39, 0.29) is 12.3 Å². The molecule has 0 aliphatic carbocycles. The topological polar surface area (TPSA) is 101 Å². The second-order valence-electron chi connectivity index (χ2n) is 8.68. The van der Waals surface area contributed by atoms with Gasteiger partial charge in [-0.05, 0) is 36.9 Å². The van der Waals surface area contributed by atoms with Crippen LogP contribution in [-0.4, -0.2) is 67.9 Å². The van der Waals surface area contributed by atoms with E-state index in [9.17, 15) is 14.7 Å². The van der Waals surface area contributed by atoms with Crippen molar-refractivity contribution >= 4 is 23.2 Å². The van der Waals surface area contributed by atoms with E-state index >= 15 is 0 Å². The van der Waals surface area contributed by atoms with Gasteiger partial charge in [0, 0.05) is 57.3 Å². The van der Waals surface area contributed by atoms with E-state index in [0.717, 1.165) is 37.4 Å². The summed E-state index contributed by atoms with van der Waals surface area (Å²) < 4.78 is 5.45. The first-order valence-electron chi connectivity index (χ1n) is 11.6. The number of carbonyl (C=O) groups is 1. The summed E-state index contributed by atoms with van der Waals surface area (Å²) in [4.78, 5) is 34.0. The quantitative estimate of drug-likeness (QED) is 0.481. The Labute approximate surface area is 204 Å². The third-order valence-corrected chi connectivity index (χ3v) is 6.09. The Kier molecular flexibility index (Phi) is 7.69. The molecule has 1 atom stereocenters. The van der Waals surface area contributed by atoms with Crippen molar-refractivity contribution in [2.75, 3.05) is 61.9 Å². The van der Waals surface area contributed by atoms with Crippen LogP contribution >= 0.6 is 0 Å². The van der Waals surface area contributed by atoms with Gasteiger partial charge in [-0.1, -0.05) is 36.4 Å². The maximum absolute atomic E-state index is 12.7. The van der Waals surface area contributed by atoms with Gasteiger partial charge in [-0.2, -0.15) is 0 Å². The van der Waals surface area contributed by atoms with Crippen LogP contribution in [0, 0.1) is 0 Å². The van der Waals surface area contributed by atoms with Gasteiger partial charge in [0.05, 0.1) is 11.8 Å². The lowest BCUT2D eigenvalue weighted by Gasteiger charge is -2.34. The fourth-order valence-electron chi connectivity index (χ4n) is 4.07. The summed E-state index contributed by atoms with van der Waals surface area (Å²) in [5.74, 6) is -0.136.